The summed E-state index contributed by atoms with van der Waals surface area (Å²) in [6.07, 6.45) is 3.07. The first-order valence-corrected chi connectivity index (χ1v) is 10.7. The van der Waals surface area contributed by atoms with Crippen LogP contribution < -0.4 is 10.9 Å². The summed E-state index contributed by atoms with van der Waals surface area (Å²) < 4.78 is 29.5. The van der Waals surface area contributed by atoms with Crippen LogP contribution in [0.15, 0.2) is 71.3 Å². The Morgan fingerprint density at radius 3 is 2.41 bits per heavy atom. The van der Waals surface area contributed by atoms with Gasteiger partial charge in [0.05, 0.1) is 0 Å². The molecule has 6 nitrogen and oxygen atoms in total. The Labute approximate surface area is 195 Å². The first-order valence-electron chi connectivity index (χ1n) is 10.7. The van der Waals surface area contributed by atoms with Crippen molar-refractivity contribution in [2.45, 2.75) is 19.3 Å². The second kappa shape index (κ2) is 9.05. The first-order chi connectivity index (χ1) is 16.1. The number of hydrogen-bond donors (Lipinski definition) is 1. The molecular formula is C26H23F2N3O3. The summed E-state index contributed by atoms with van der Waals surface area (Å²) in [4.78, 5) is 39.0. The van der Waals surface area contributed by atoms with Crippen molar-refractivity contribution in [1.82, 2.24) is 9.47 Å². The molecule has 0 radical (unpaired) electrons. The second-order valence-electron chi connectivity index (χ2n) is 8.36. The van der Waals surface area contributed by atoms with Crippen molar-refractivity contribution in [2.24, 2.45) is 7.05 Å². The molecule has 0 saturated carbocycles. The number of amides is 2. The van der Waals surface area contributed by atoms with Crippen molar-refractivity contribution in [2.75, 3.05) is 12.4 Å². The molecule has 2 heterocycles. The number of nitrogens with zero attached hydrogens (tertiary/aromatic N) is 2. The van der Waals surface area contributed by atoms with Gasteiger partial charge in [-0.2, -0.15) is 0 Å². The lowest BCUT2D eigenvalue weighted by molar-refractivity contribution is -0.128. The van der Waals surface area contributed by atoms with E-state index in [-0.39, 0.29) is 23.5 Å². The van der Waals surface area contributed by atoms with E-state index >= 15 is 0 Å². The molecule has 1 aliphatic heterocycles. The number of rotatable bonds is 4. The lowest BCUT2D eigenvalue weighted by Crippen LogP contribution is -2.33. The lowest BCUT2D eigenvalue weighted by Gasteiger charge is -2.28. The van der Waals surface area contributed by atoms with Gasteiger partial charge >= 0.3 is 0 Å². The monoisotopic (exact) mass is 463 g/mol. The van der Waals surface area contributed by atoms with Crippen LogP contribution in [-0.4, -0.2) is 28.3 Å². The minimum Gasteiger partial charge on any atom is -0.322 e. The molecule has 1 atom stereocenters. The van der Waals surface area contributed by atoms with E-state index in [4.69, 9.17) is 0 Å². The average Bonchev–Trinajstić information content (AvgIpc) is 2.79. The summed E-state index contributed by atoms with van der Waals surface area (Å²) in [5.74, 6) is -2.12. The second-order valence-corrected chi connectivity index (χ2v) is 8.36. The number of benzene rings is 2. The predicted octanol–water partition coefficient (Wildman–Crippen LogP) is 4.11. The van der Waals surface area contributed by atoms with Gasteiger partial charge in [-0.3, -0.25) is 14.4 Å². The van der Waals surface area contributed by atoms with E-state index in [1.165, 1.54) is 46.0 Å². The molecule has 3 aromatic rings. The number of anilines is 1. The fourth-order valence-corrected chi connectivity index (χ4v) is 3.95. The molecule has 1 aliphatic rings. The Kier molecular flexibility index (Phi) is 6.15. The Hall–Kier alpha value is -4.07. The van der Waals surface area contributed by atoms with Crippen LogP contribution in [0.1, 0.15) is 23.5 Å². The predicted molar refractivity (Wildman–Crippen MR) is 125 cm³/mol. The molecular weight excluding hydrogens is 440 g/mol. The third-order valence-electron chi connectivity index (χ3n) is 5.99. The lowest BCUT2D eigenvalue weighted by atomic mass is 9.85. The molecule has 2 aromatic carbocycles. The van der Waals surface area contributed by atoms with Gasteiger partial charge in [0.1, 0.15) is 11.6 Å². The maximum Gasteiger partial charge on any atom is 0.253 e. The van der Waals surface area contributed by atoms with Crippen LogP contribution >= 0.6 is 0 Å². The van der Waals surface area contributed by atoms with Crippen molar-refractivity contribution in [1.29, 1.82) is 0 Å². The van der Waals surface area contributed by atoms with Crippen molar-refractivity contribution in [3.63, 3.8) is 0 Å². The molecule has 1 aromatic heterocycles. The molecule has 0 fully saturated rings. The quantitative estimate of drug-likeness (QED) is 0.633. The number of pyridine rings is 1. The maximum absolute atomic E-state index is 14.7. The van der Waals surface area contributed by atoms with E-state index in [0.717, 1.165) is 0 Å². The third kappa shape index (κ3) is 4.52. The van der Waals surface area contributed by atoms with E-state index in [1.54, 1.807) is 45.4 Å². The Bertz CT molecular complexity index is 1380. The fraction of sp³-hybridized carbons (Fsp3) is 0.192. The number of carbonyl (C=O) groups is 2. The summed E-state index contributed by atoms with van der Waals surface area (Å²) in [6.45, 7) is 1.66. The van der Waals surface area contributed by atoms with E-state index in [9.17, 15) is 23.2 Å². The molecule has 0 spiro atoms. The molecule has 0 unspecified atom stereocenters. The van der Waals surface area contributed by atoms with Crippen LogP contribution in [0.4, 0.5) is 14.5 Å². The molecule has 0 saturated heterocycles. The zero-order valence-electron chi connectivity index (χ0n) is 18.9. The third-order valence-corrected chi connectivity index (χ3v) is 5.99. The summed E-state index contributed by atoms with van der Waals surface area (Å²) in [7, 11) is 3.16. The zero-order valence-corrected chi connectivity index (χ0v) is 18.9. The van der Waals surface area contributed by atoms with Crippen LogP contribution in [-0.2, 0) is 16.6 Å². The molecule has 0 bridgehead atoms. The zero-order chi connectivity index (χ0) is 24.6. The standard InChI is InChI=1S/C26H23F2N3O3/c1-15-10-22(28)20(17-8-9-30(2)24(32)11-17)12-23(15)29-26(34)21-14-31(3)25(33)13-19(21)16-4-6-18(27)7-5-16/h4-12,14,19H,13H2,1-3H3,(H,29,34)/t19-/m0/s1. The smallest absolute Gasteiger partial charge is 0.253 e. The van der Waals surface area contributed by atoms with Gasteiger partial charge in [-0.15, -0.1) is 0 Å². The van der Waals surface area contributed by atoms with Gasteiger partial charge < -0.3 is 14.8 Å². The van der Waals surface area contributed by atoms with Crippen LogP contribution in [0, 0.1) is 18.6 Å². The Morgan fingerprint density at radius 2 is 1.74 bits per heavy atom. The van der Waals surface area contributed by atoms with Gasteiger partial charge in [-0.05, 0) is 53.9 Å². The number of halogens is 2. The van der Waals surface area contributed by atoms with E-state index in [2.05, 4.69) is 5.32 Å². The first kappa shape index (κ1) is 23.1. The van der Waals surface area contributed by atoms with Crippen LogP contribution in [0.5, 0.6) is 0 Å². The van der Waals surface area contributed by atoms with E-state index < -0.39 is 23.5 Å². The van der Waals surface area contributed by atoms with Gasteiger partial charge in [-0.1, -0.05) is 12.1 Å². The Morgan fingerprint density at radius 1 is 1.03 bits per heavy atom. The largest absolute Gasteiger partial charge is 0.322 e. The van der Waals surface area contributed by atoms with E-state index in [0.29, 0.717) is 28.0 Å². The number of nitrogens with one attached hydrogen (secondary N) is 1. The highest BCUT2D eigenvalue weighted by atomic mass is 19.1. The van der Waals surface area contributed by atoms with Gasteiger partial charge in [0.25, 0.3) is 11.5 Å². The van der Waals surface area contributed by atoms with Crippen LogP contribution in [0.25, 0.3) is 11.1 Å². The number of aromatic nitrogens is 1. The van der Waals surface area contributed by atoms with Crippen LogP contribution in [0.2, 0.25) is 0 Å². The van der Waals surface area contributed by atoms with Crippen molar-refractivity contribution >= 4 is 17.5 Å². The van der Waals surface area contributed by atoms with E-state index in [1.807, 2.05) is 0 Å². The average molecular weight is 463 g/mol. The normalized spacial score (nSPS) is 15.8. The fourth-order valence-electron chi connectivity index (χ4n) is 3.95. The number of carbonyl (C=O) groups excluding carboxylic acids is 2. The SMILES string of the molecule is Cc1cc(F)c(-c2ccn(C)c(=O)c2)cc1NC(=O)C1=CN(C)C(=O)C[C@H]1c1ccc(F)cc1. The molecule has 1 N–H and O–H groups in total. The Balaban J connectivity index is 1.69. The molecule has 2 amide bonds. The van der Waals surface area contributed by atoms with Gasteiger partial charge in [0.15, 0.2) is 0 Å². The van der Waals surface area contributed by atoms with Gasteiger partial charge in [0, 0.05) is 61.7 Å². The van der Waals surface area contributed by atoms with Crippen molar-refractivity contribution < 1.29 is 18.4 Å². The highest BCUT2D eigenvalue weighted by molar-refractivity contribution is 6.07. The topological polar surface area (TPSA) is 71.4 Å². The highest BCUT2D eigenvalue weighted by Gasteiger charge is 2.31. The van der Waals surface area contributed by atoms with Crippen molar-refractivity contribution in [3.8, 4) is 11.1 Å². The molecule has 0 aliphatic carbocycles. The minimum absolute atomic E-state index is 0.0579. The summed E-state index contributed by atoms with van der Waals surface area (Å²) in [5.41, 5.74) is 2.12. The summed E-state index contributed by atoms with van der Waals surface area (Å²) in [6, 6.07) is 11.4. The maximum atomic E-state index is 14.7. The minimum atomic E-state index is -0.554. The molecule has 174 valence electrons. The summed E-state index contributed by atoms with van der Waals surface area (Å²) in [5, 5.41) is 2.82. The number of hydrogen-bond acceptors (Lipinski definition) is 3. The van der Waals surface area contributed by atoms with Gasteiger partial charge in [-0.25, -0.2) is 8.78 Å². The number of aryl methyl sites for hydroxylation is 2. The van der Waals surface area contributed by atoms with Gasteiger partial charge in [0.2, 0.25) is 5.91 Å². The summed E-state index contributed by atoms with van der Waals surface area (Å²) >= 11 is 0. The highest BCUT2D eigenvalue weighted by Crippen LogP contribution is 2.34. The molecule has 8 heteroatoms. The van der Waals surface area contributed by atoms with Crippen molar-refractivity contribution in [3.05, 3.63) is 99.6 Å². The van der Waals surface area contributed by atoms with Crippen LogP contribution in [0.3, 0.4) is 0 Å². The molecule has 34 heavy (non-hydrogen) atoms. The molecule has 4 rings (SSSR count).